The van der Waals surface area contributed by atoms with Crippen LogP contribution < -0.4 is 10.2 Å². The normalized spacial score (nSPS) is 11.9. The molecule has 0 spiro atoms. The molecule has 1 amide bonds. The Morgan fingerprint density at radius 3 is 2.18 bits per heavy atom. The fourth-order valence-electron chi connectivity index (χ4n) is 2.03. The van der Waals surface area contributed by atoms with Crippen LogP contribution in [0.1, 0.15) is 60.3 Å². The van der Waals surface area contributed by atoms with Crippen molar-refractivity contribution >= 4 is 5.91 Å². The lowest BCUT2D eigenvalue weighted by Gasteiger charge is -2.27. The predicted molar refractivity (Wildman–Crippen MR) is 73.3 cm³/mol. The van der Waals surface area contributed by atoms with E-state index >= 15 is 0 Å². The number of nitrogens with one attached hydrogen (secondary N) is 2. The summed E-state index contributed by atoms with van der Waals surface area (Å²) in [5.41, 5.74) is -0.0567. The van der Waals surface area contributed by atoms with E-state index in [0.29, 0.717) is 6.54 Å². The molecule has 102 valence electrons. The molecule has 0 aliphatic carbocycles. The number of carbonyl (C=O) groups excluding carboxylic acids is 1. The maximum Gasteiger partial charge on any atom is 0.275 e. The maximum absolute atomic E-state index is 11.9. The second-order valence-corrected chi connectivity index (χ2v) is 5.52. The first-order valence-electron chi connectivity index (χ1n) is 7.09. The Bertz CT molecular complexity index is 210. The zero-order valence-electron chi connectivity index (χ0n) is 12.4. The van der Waals surface area contributed by atoms with E-state index in [1.165, 1.54) is 24.2 Å². The maximum atomic E-state index is 11.9. The Hall–Kier alpha value is -0.570. The number of likely N-dealkylation sites (N-methyl/N-ethyl adjacent to an activating group) is 1. The quantitative estimate of drug-likeness (QED) is 0.590. The van der Waals surface area contributed by atoms with E-state index in [9.17, 15) is 4.79 Å². The summed E-state index contributed by atoms with van der Waals surface area (Å²) in [5.74, 6) is 0.185. The van der Waals surface area contributed by atoms with Gasteiger partial charge in [0, 0.05) is 5.54 Å². The van der Waals surface area contributed by atoms with Crippen LogP contribution in [-0.4, -0.2) is 31.1 Å². The summed E-state index contributed by atoms with van der Waals surface area (Å²) in [6.45, 7) is 13.3. The van der Waals surface area contributed by atoms with Crippen LogP contribution in [0.25, 0.3) is 0 Å². The first-order chi connectivity index (χ1) is 7.95. The Balaban J connectivity index is 3.99. The van der Waals surface area contributed by atoms with Gasteiger partial charge in [-0.05, 0) is 34.1 Å². The van der Waals surface area contributed by atoms with Gasteiger partial charge < -0.3 is 10.2 Å². The van der Waals surface area contributed by atoms with Crippen LogP contribution in [0.2, 0.25) is 0 Å². The highest BCUT2D eigenvalue weighted by Gasteiger charge is 2.21. The van der Waals surface area contributed by atoms with Crippen molar-refractivity contribution in [3.05, 3.63) is 0 Å². The van der Waals surface area contributed by atoms with Gasteiger partial charge >= 0.3 is 0 Å². The molecule has 0 heterocycles. The molecule has 0 unspecified atom stereocenters. The van der Waals surface area contributed by atoms with Crippen LogP contribution >= 0.6 is 0 Å². The number of hydrogen-bond acceptors (Lipinski definition) is 1. The number of amides is 1. The third-order valence-corrected chi connectivity index (χ3v) is 3.29. The summed E-state index contributed by atoms with van der Waals surface area (Å²) >= 11 is 0. The minimum absolute atomic E-state index is 0.0567. The van der Waals surface area contributed by atoms with Crippen molar-refractivity contribution < 1.29 is 9.69 Å². The van der Waals surface area contributed by atoms with Gasteiger partial charge in [0.15, 0.2) is 6.54 Å². The van der Waals surface area contributed by atoms with Gasteiger partial charge in [-0.15, -0.1) is 0 Å². The highest BCUT2D eigenvalue weighted by molar-refractivity contribution is 5.77. The number of hydrogen-bond donors (Lipinski definition) is 2. The second-order valence-electron chi connectivity index (χ2n) is 5.52. The van der Waals surface area contributed by atoms with Crippen LogP contribution in [0.15, 0.2) is 0 Å². The fourth-order valence-corrected chi connectivity index (χ4v) is 2.03. The van der Waals surface area contributed by atoms with Gasteiger partial charge in [0.25, 0.3) is 5.91 Å². The average Bonchev–Trinajstić information content (AvgIpc) is 2.25. The highest BCUT2D eigenvalue weighted by Crippen LogP contribution is 2.13. The summed E-state index contributed by atoms with van der Waals surface area (Å²) in [4.78, 5) is 13.2. The number of unbranched alkanes of at least 4 members (excludes halogenated alkanes) is 2. The molecule has 0 saturated heterocycles. The molecular formula is C14H31N2O+. The van der Waals surface area contributed by atoms with Crippen molar-refractivity contribution in [2.45, 2.75) is 65.8 Å². The van der Waals surface area contributed by atoms with Crippen molar-refractivity contribution in [2.24, 2.45) is 0 Å². The van der Waals surface area contributed by atoms with Crippen LogP contribution in [0.4, 0.5) is 0 Å². The molecule has 2 N–H and O–H groups in total. The monoisotopic (exact) mass is 243 g/mol. The third kappa shape index (κ3) is 8.19. The molecular weight excluding hydrogens is 212 g/mol. The molecule has 0 radical (unpaired) electrons. The van der Waals surface area contributed by atoms with E-state index in [0.717, 1.165) is 19.5 Å². The number of carbonyl (C=O) groups is 1. The Morgan fingerprint density at radius 2 is 1.71 bits per heavy atom. The van der Waals surface area contributed by atoms with E-state index in [4.69, 9.17) is 0 Å². The van der Waals surface area contributed by atoms with Gasteiger partial charge in [-0.3, -0.25) is 4.79 Å². The van der Waals surface area contributed by atoms with Crippen molar-refractivity contribution in [3.63, 3.8) is 0 Å². The van der Waals surface area contributed by atoms with Crippen molar-refractivity contribution in [1.82, 2.24) is 5.32 Å². The molecule has 0 aromatic carbocycles. The lowest BCUT2D eigenvalue weighted by molar-refractivity contribution is -0.888. The molecule has 0 fully saturated rings. The molecule has 0 rings (SSSR count). The summed E-state index contributed by atoms with van der Waals surface area (Å²) in [6, 6.07) is 0. The van der Waals surface area contributed by atoms with Crippen LogP contribution in [-0.2, 0) is 4.79 Å². The zero-order chi connectivity index (χ0) is 13.3. The van der Waals surface area contributed by atoms with Gasteiger partial charge in [0.05, 0.1) is 13.1 Å². The van der Waals surface area contributed by atoms with Crippen molar-refractivity contribution in [2.75, 3.05) is 19.6 Å². The van der Waals surface area contributed by atoms with E-state index in [-0.39, 0.29) is 11.4 Å². The minimum Gasteiger partial charge on any atom is -0.346 e. The van der Waals surface area contributed by atoms with E-state index in [2.05, 4.69) is 39.9 Å². The topological polar surface area (TPSA) is 33.5 Å². The van der Waals surface area contributed by atoms with Gasteiger partial charge in [-0.1, -0.05) is 26.2 Å². The zero-order valence-corrected chi connectivity index (χ0v) is 12.4. The van der Waals surface area contributed by atoms with E-state index in [1.807, 2.05) is 0 Å². The SMILES string of the molecule is CCCCCC(C)(C)NC(=O)C[NH+](CC)CC. The first-order valence-corrected chi connectivity index (χ1v) is 7.09. The first kappa shape index (κ1) is 16.4. The van der Waals surface area contributed by atoms with Crippen LogP contribution in [0, 0.1) is 0 Å². The Kier molecular flexibility index (Phi) is 8.23. The third-order valence-electron chi connectivity index (χ3n) is 3.29. The lowest BCUT2D eigenvalue weighted by atomic mass is 9.96. The van der Waals surface area contributed by atoms with Crippen LogP contribution in [0.3, 0.4) is 0 Å². The molecule has 0 aliphatic heterocycles. The second kappa shape index (κ2) is 8.51. The highest BCUT2D eigenvalue weighted by atomic mass is 16.2. The molecule has 0 aromatic rings. The number of rotatable bonds is 9. The number of quaternary nitrogens is 1. The average molecular weight is 243 g/mol. The summed E-state index contributed by atoms with van der Waals surface area (Å²) in [6.07, 6.45) is 4.75. The predicted octanol–water partition coefficient (Wildman–Crippen LogP) is 1.39. The summed E-state index contributed by atoms with van der Waals surface area (Å²) < 4.78 is 0. The molecule has 0 aliphatic rings. The molecule has 0 atom stereocenters. The largest absolute Gasteiger partial charge is 0.346 e. The fraction of sp³-hybridized carbons (Fsp3) is 0.929. The summed E-state index contributed by atoms with van der Waals surface area (Å²) in [7, 11) is 0. The molecule has 0 bridgehead atoms. The lowest BCUT2D eigenvalue weighted by Crippen LogP contribution is -3.12. The molecule has 0 saturated carbocycles. The van der Waals surface area contributed by atoms with Gasteiger partial charge in [0.1, 0.15) is 0 Å². The standard InChI is InChI=1S/C14H30N2O/c1-6-9-10-11-14(4,5)15-13(17)12-16(7-2)8-3/h6-12H2,1-5H3,(H,15,17)/p+1. The smallest absolute Gasteiger partial charge is 0.275 e. The van der Waals surface area contributed by atoms with Crippen LogP contribution in [0.5, 0.6) is 0 Å². The molecule has 3 heteroatoms. The molecule has 17 heavy (non-hydrogen) atoms. The molecule has 0 aromatic heterocycles. The molecule has 3 nitrogen and oxygen atoms in total. The van der Waals surface area contributed by atoms with Crippen molar-refractivity contribution in [1.29, 1.82) is 0 Å². The Morgan fingerprint density at radius 1 is 1.12 bits per heavy atom. The summed E-state index contributed by atoms with van der Waals surface area (Å²) in [5, 5.41) is 3.15. The van der Waals surface area contributed by atoms with Crippen molar-refractivity contribution in [3.8, 4) is 0 Å². The van der Waals surface area contributed by atoms with E-state index in [1.54, 1.807) is 0 Å². The van der Waals surface area contributed by atoms with Gasteiger partial charge in [-0.25, -0.2) is 0 Å². The minimum atomic E-state index is -0.0567. The Labute approximate surface area is 107 Å². The van der Waals surface area contributed by atoms with E-state index < -0.39 is 0 Å². The van der Waals surface area contributed by atoms with Gasteiger partial charge in [0.2, 0.25) is 0 Å². The van der Waals surface area contributed by atoms with Gasteiger partial charge in [-0.2, -0.15) is 0 Å².